The molecule has 1 saturated heterocycles. The second kappa shape index (κ2) is 6.21. The highest BCUT2D eigenvalue weighted by Gasteiger charge is 2.27. The standard InChI is InChI=1S/C13H18ClN3O3S/c1-16-4-6-17(7-5-16)13(18)9-21(19,20)12-8-10(15)2-3-11(12)14/h2-3,8H,4-7,9,15H2,1H3. The van der Waals surface area contributed by atoms with E-state index in [4.69, 9.17) is 17.3 Å². The van der Waals surface area contributed by atoms with E-state index < -0.39 is 21.5 Å². The van der Waals surface area contributed by atoms with Gasteiger partial charge in [0.05, 0.1) is 9.92 Å². The van der Waals surface area contributed by atoms with Gasteiger partial charge in [0.25, 0.3) is 0 Å². The molecule has 6 nitrogen and oxygen atoms in total. The number of anilines is 1. The number of carbonyl (C=O) groups excluding carboxylic acids is 1. The van der Waals surface area contributed by atoms with Crippen molar-refractivity contribution in [1.82, 2.24) is 9.80 Å². The van der Waals surface area contributed by atoms with Crippen LogP contribution in [0, 0.1) is 0 Å². The van der Waals surface area contributed by atoms with E-state index in [1.165, 1.54) is 18.2 Å². The Morgan fingerprint density at radius 2 is 1.90 bits per heavy atom. The number of halogens is 1. The van der Waals surface area contributed by atoms with Crippen molar-refractivity contribution in [3.8, 4) is 0 Å². The lowest BCUT2D eigenvalue weighted by atomic mass is 10.3. The van der Waals surface area contributed by atoms with Gasteiger partial charge < -0.3 is 15.5 Å². The molecule has 0 atom stereocenters. The Hall–Kier alpha value is -1.31. The lowest BCUT2D eigenvalue weighted by molar-refractivity contribution is -0.129. The van der Waals surface area contributed by atoms with Gasteiger partial charge in [-0.05, 0) is 25.2 Å². The Morgan fingerprint density at radius 1 is 1.29 bits per heavy atom. The van der Waals surface area contributed by atoms with Gasteiger partial charge in [-0.15, -0.1) is 0 Å². The summed E-state index contributed by atoms with van der Waals surface area (Å²) in [5.41, 5.74) is 5.89. The maximum Gasteiger partial charge on any atom is 0.238 e. The summed E-state index contributed by atoms with van der Waals surface area (Å²) in [5, 5.41) is 0.0791. The number of sulfone groups is 1. The number of hydrogen-bond acceptors (Lipinski definition) is 5. The molecule has 116 valence electrons. The van der Waals surface area contributed by atoms with Crippen LogP contribution >= 0.6 is 11.6 Å². The molecule has 21 heavy (non-hydrogen) atoms. The van der Waals surface area contributed by atoms with Crippen molar-refractivity contribution >= 4 is 33.0 Å². The van der Waals surface area contributed by atoms with Gasteiger partial charge in [-0.3, -0.25) is 4.79 Å². The predicted molar refractivity (Wildman–Crippen MR) is 82.0 cm³/mol. The lowest BCUT2D eigenvalue weighted by Gasteiger charge is -2.32. The van der Waals surface area contributed by atoms with Crippen molar-refractivity contribution in [2.24, 2.45) is 0 Å². The molecule has 0 unspecified atom stereocenters. The van der Waals surface area contributed by atoms with Gasteiger partial charge in [0.15, 0.2) is 9.84 Å². The van der Waals surface area contributed by atoms with Crippen molar-refractivity contribution in [2.75, 3.05) is 44.7 Å². The Labute approximate surface area is 129 Å². The van der Waals surface area contributed by atoms with Crippen LogP contribution in [-0.4, -0.2) is 63.1 Å². The highest BCUT2D eigenvalue weighted by molar-refractivity contribution is 7.92. The zero-order chi connectivity index (χ0) is 15.6. The highest BCUT2D eigenvalue weighted by Crippen LogP contribution is 2.25. The molecule has 2 rings (SSSR count). The van der Waals surface area contributed by atoms with E-state index in [9.17, 15) is 13.2 Å². The Balaban J connectivity index is 2.14. The summed E-state index contributed by atoms with van der Waals surface area (Å²) < 4.78 is 24.6. The first kappa shape index (κ1) is 16.1. The topological polar surface area (TPSA) is 83.7 Å². The SMILES string of the molecule is CN1CCN(C(=O)CS(=O)(=O)c2cc(N)ccc2Cl)CC1. The second-order valence-corrected chi connectivity index (χ2v) is 7.50. The van der Waals surface area contributed by atoms with Crippen molar-refractivity contribution < 1.29 is 13.2 Å². The summed E-state index contributed by atoms with van der Waals surface area (Å²) >= 11 is 5.90. The van der Waals surface area contributed by atoms with E-state index in [1.807, 2.05) is 7.05 Å². The van der Waals surface area contributed by atoms with Gasteiger partial charge in [-0.2, -0.15) is 0 Å². The summed E-state index contributed by atoms with van der Waals surface area (Å²) in [6, 6.07) is 4.22. The number of hydrogen-bond donors (Lipinski definition) is 1. The van der Waals surface area contributed by atoms with Gasteiger partial charge in [0.1, 0.15) is 5.75 Å². The molecule has 0 bridgehead atoms. The van der Waals surface area contributed by atoms with Gasteiger partial charge >= 0.3 is 0 Å². The quantitative estimate of drug-likeness (QED) is 0.814. The van der Waals surface area contributed by atoms with Crippen LogP contribution < -0.4 is 5.73 Å². The van der Waals surface area contributed by atoms with Crippen LogP contribution in [0.25, 0.3) is 0 Å². The summed E-state index contributed by atoms with van der Waals surface area (Å²) in [6.45, 7) is 2.56. The van der Waals surface area contributed by atoms with Crippen LogP contribution in [0.1, 0.15) is 0 Å². The molecule has 0 aliphatic carbocycles. The number of nitrogen functional groups attached to an aromatic ring is 1. The molecule has 2 N–H and O–H groups in total. The van der Waals surface area contributed by atoms with Gasteiger partial charge in [-0.25, -0.2) is 8.42 Å². The van der Waals surface area contributed by atoms with Gasteiger partial charge in [0.2, 0.25) is 5.91 Å². The summed E-state index contributed by atoms with van der Waals surface area (Å²) in [4.78, 5) is 15.7. The molecular weight excluding hydrogens is 314 g/mol. The molecule has 1 aliphatic heterocycles. The molecule has 1 heterocycles. The van der Waals surface area contributed by atoms with Crippen LogP contribution in [-0.2, 0) is 14.6 Å². The largest absolute Gasteiger partial charge is 0.399 e. The number of rotatable bonds is 3. The maximum atomic E-state index is 12.3. The predicted octanol–water partition coefficient (Wildman–Crippen LogP) is 0.470. The molecule has 1 aromatic rings. The Kier molecular flexibility index (Phi) is 4.75. The highest BCUT2D eigenvalue weighted by atomic mass is 35.5. The molecule has 0 radical (unpaired) electrons. The first-order valence-electron chi connectivity index (χ1n) is 6.54. The number of benzene rings is 1. The zero-order valence-corrected chi connectivity index (χ0v) is 13.3. The number of piperazine rings is 1. The fourth-order valence-electron chi connectivity index (χ4n) is 2.15. The van der Waals surface area contributed by atoms with Crippen LogP contribution in [0.3, 0.4) is 0 Å². The van der Waals surface area contributed by atoms with E-state index in [-0.39, 0.29) is 9.92 Å². The van der Waals surface area contributed by atoms with E-state index in [0.29, 0.717) is 18.8 Å². The first-order chi connectivity index (χ1) is 9.79. The average Bonchev–Trinajstić information content (AvgIpc) is 2.41. The molecule has 1 aromatic carbocycles. The number of likely N-dealkylation sites (N-methyl/N-ethyl adjacent to an activating group) is 1. The molecule has 1 aliphatic rings. The third-order valence-electron chi connectivity index (χ3n) is 3.46. The zero-order valence-electron chi connectivity index (χ0n) is 11.8. The maximum absolute atomic E-state index is 12.3. The summed E-state index contributed by atoms with van der Waals surface area (Å²) in [5.74, 6) is -0.985. The summed E-state index contributed by atoms with van der Waals surface area (Å²) in [6.07, 6.45) is 0. The van der Waals surface area contributed by atoms with Crippen molar-refractivity contribution in [3.63, 3.8) is 0 Å². The summed E-state index contributed by atoms with van der Waals surface area (Å²) in [7, 11) is -1.83. The van der Waals surface area contributed by atoms with E-state index in [1.54, 1.807) is 4.90 Å². The minimum absolute atomic E-state index is 0.0791. The molecule has 0 aromatic heterocycles. The monoisotopic (exact) mass is 331 g/mol. The third kappa shape index (κ3) is 3.87. The van der Waals surface area contributed by atoms with Crippen LogP contribution in [0.5, 0.6) is 0 Å². The van der Waals surface area contributed by atoms with E-state index in [2.05, 4.69) is 4.90 Å². The smallest absolute Gasteiger partial charge is 0.238 e. The number of carbonyl (C=O) groups is 1. The normalized spacial score (nSPS) is 17.0. The third-order valence-corrected chi connectivity index (χ3v) is 5.54. The van der Waals surface area contributed by atoms with Gasteiger partial charge in [0, 0.05) is 31.9 Å². The fourth-order valence-corrected chi connectivity index (χ4v) is 3.96. The minimum atomic E-state index is -3.79. The number of amides is 1. The number of nitrogens with zero attached hydrogens (tertiary/aromatic N) is 2. The van der Waals surface area contributed by atoms with E-state index in [0.717, 1.165) is 13.1 Å². The van der Waals surface area contributed by atoms with Crippen LogP contribution in [0.4, 0.5) is 5.69 Å². The molecule has 8 heteroatoms. The fraction of sp³-hybridized carbons (Fsp3) is 0.462. The molecule has 0 saturated carbocycles. The first-order valence-corrected chi connectivity index (χ1v) is 8.57. The van der Waals surface area contributed by atoms with Crippen molar-refractivity contribution in [3.05, 3.63) is 23.2 Å². The van der Waals surface area contributed by atoms with Crippen LogP contribution in [0.2, 0.25) is 5.02 Å². The molecular formula is C13H18ClN3O3S. The molecule has 0 spiro atoms. The van der Waals surface area contributed by atoms with Gasteiger partial charge in [-0.1, -0.05) is 11.6 Å². The lowest BCUT2D eigenvalue weighted by Crippen LogP contribution is -2.48. The van der Waals surface area contributed by atoms with Crippen molar-refractivity contribution in [1.29, 1.82) is 0 Å². The molecule has 1 amide bonds. The molecule has 1 fully saturated rings. The Morgan fingerprint density at radius 3 is 2.52 bits per heavy atom. The average molecular weight is 332 g/mol. The van der Waals surface area contributed by atoms with Crippen molar-refractivity contribution in [2.45, 2.75) is 4.90 Å². The van der Waals surface area contributed by atoms with Crippen LogP contribution in [0.15, 0.2) is 23.1 Å². The second-order valence-electron chi connectivity index (χ2n) is 5.13. The Bertz CT molecular complexity index is 640. The number of nitrogens with two attached hydrogens (primary N) is 1. The van der Waals surface area contributed by atoms with E-state index >= 15 is 0 Å². The minimum Gasteiger partial charge on any atom is -0.399 e.